The molecule has 0 saturated carbocycles. The van der Waals surface area contributed by atoms with Crippen molar-refractivity contribution in [2.75, 3.05) is 5.32 Å². The van der Waals surface area contributed by atoms with Crippen molar-refractivity contribution < 1.29 is 4.79 Å². The summed E-state index contributed by atoms with van der Waals surface area (Å²) in [6.07, 6.45) is 0. The Bertz CT molecular complexity index is 547. The number of aryl methyl sites for hydroxylation is 1. The van der Waals surface area contributed by atoms with Crippen molar-refractivity contribution in [1.82, 2.24) is 0 Å². The summed E-state index contributed by atoms with van der Waals surface area (Å²) in [7, 11) is 0. The van der Waals surface area contributed by atoms with Crippen LogP contribution in [0.1, 0.15) is 21.5 Å². The minimum Gasteiger partial charge on any atom is -0.381 e. The van der Waals surface area contributed by atoms with E-state index in [0.717, 1.165) is 12.2 Å². The molecular weight excluding hydrogens is 224 g/mol. The van der Waals surface area contributed by atoms with Gasteiger partial charge in [0.15, 0.2) is 0 Å². The normalized spacial score (nSPS) is 10.1. The van der Waals surface area contributed by atoms with Crippen molar-refractivity contribution in [2.45, 2.75) is 13.5 Å². The molecule has 0 unspecified atom stereocenters. The number of carbonyl (C=O) groups excluding carboxylic acids is 1. The van der Waals surface area contributed by atoms with Gasteiger partial charge in [-0.2, -0.15) is 0 Å². The Morgan fingerprint density at radius 1 is 1.17 bits per heavy atom. The molecule has 0 radical (unpaired) electrons. The average Bonchev–Trinajstić information content (AvgIpc) is 2.37. The van der Waals surface area contributed by atoms with Gasteiger partial charge in [-0.1, -0.05) is 29.8 Å². The number of benzene rings is 2. The van der Waals surface area contributed by atoms with E-state index in [2.05, 4.69) is 30.4 Å². The van der Waals surface area contributed by atoms with E-state index in [0.29, 0.717) is 5.56 Å². The van der Waals surface area contributed by atoms with Gasteiger partial charge in [0.25, 0.3) is 0 Å². The van der Waals surface area contributed by atoms with Gasteiger partial charge in [-0.15, -0.1) is 0 Å². The standard InChI is InChI=1S/C15H16N2O/c1-11-3-2-4-12(9-11)10-17-14-7-5-13(6-8-14)15(16)18/h2-9,17H,10H2,1H3,(H2,16,18). The van der Waals surface area contributed by atoms with Gasteiger partial charge in [-0.3, -0.25) is 4.79 Å². The van der Waals surface area contributed by atoms with Gasteiger partial charge in [-0.05, 0) is 36.8 Å². The predicted octanol–water partition coefficient (Wildman–Crippen LogP) is 2.71. The maximum atomic E-state index is 10.9. The fraction of sp³-hybridized carbons (Fsp3) is 0.133. The van der Waals surface area contributed by atoms with Crippen LogP contribution in [0.15, 0.2) is 48.5 Å². The van der Waals surface area contributed by atoms with Gasteiger partial charge in [0.05, 0.1) is 0 Å². The van der Waals surface area contributed by atoms with Crippen molar-refractivity contribution in [2.24, 2.45) is 5.73 Å². The number of nitrogens with one attached hydrogen (secondary N) is 1. The minimum absolute atomic E-state index is 0.403. The molecule has 2 aromatic rings. The Kier molecular flexibility index (Phi) is 3.63. The molecule has 3 nitrogen and oxygen atoms in total. The molecule has 0 aliphatic rings. The number of hydrogen-bond donors (Lipinski definition) is 2. The van der Waals surface area contributed by atoms with E-state index < -0.39 is 5.91 Å². The molecule has 92 valence electrons. The molecule has 3 heteroatoms. The van der Waals surface area contributed by atoms with Crippen LogP contribution >= 0.6 is 0 Å². The molecule has 0 fully saturated rings. The number of hydrogen-bond acceptors (Lipinski definition) is 2. The third kappa shape index (κ3) is 3.10. The fourth-order valence-electron chi connectivity index (χ4n) is 1.78. The van der Waals surface area contributed by atoms with Gasteiger partial charge in [0.1, 0.15) is 0 Å². The maximum Gasteiger partial charge on any atom is 0.248 e. The van der Waals surface area contributed by atoms with E-state index in [1.807, 2.05) is 18.2 Å². The van der Waals surface area contributed by atoms with Crippen LogP contribution in [0.4, 0.5) is 5.69 Å². The topological polar surface area (TPSA) is 55.1 Å². The summed E-state index contributed by atoms with van der Waals surface area (Å²) < 4.78 is 0. The lowest BCUT2D eigenvalue weighted by Gasteiger charge is -2.07. The van der Waals surface area contributed by atoms with Gasteiger partial charge in [0, 0.05) is 17.8 Å². The maximum absolute atomic E-state index is 10.9. The largest absolute Gasteiger partial charge is 0.381 e. The van der Waals surface area contributed by atoms with Crippen LogP contribution in [0, 0.1) is 6.92 Å². The summed E-state index contributed by atoms with van der Waals surface area (Å²) in [5.41, 5.74) is 9.16. The molecule has 0 spiro atoms. The van der Waals surface area contributed by atoms with E-state index in [9.17, 15) is 4.79 Å². The van der Waals surface area contributed by atoms with E-state index in [4.69, 9.17) is 5.73 Å². The molecule has 0 aliphatic heterocycles. The lowest BCUT2D eigenvalue weighted by atomic mass is 10.1. The summed E-state index contributed by atoms with van der Waals surface area (Å²) in [5, 5.41) is 3.30. The third-order valence-electron chi connectivity index (χ3n) is 2.75. The molecule has 2 rings (SSSR count). The highest BCUT2D eigenvalue weighted by Crippen LogP contribution is 2.11. The van der Waals surface area contributed by atoms with E-state index >= 15 is 0 Å². The predicted molar refractivity (Wildman–Crippen MR) is 73.5 cm³/mol. The van der Waals surface area contributed by atoms with Crippen LogP contribution in [0.3, 0.4) is 0 Å². The number of primary amides is 1. The molecule has 0 aliphatic carbocycles. The van der Waals surface area contributed by atoms with Gasteiger partial charge >= 0.3 is 0 Å². The Labute approximate surface area is 107 Å². The summed E-state index contributed by atoms with van der Waals surface area (Å²) in [4.78, 5) is 10.9. The highest BCUT2D eigenvalue weighted by Gasteiger charge is 1.99. The van der Waals surface area contributed by atoms with Crippen LogP contribution in [0.25, 0.3) is 0 Å². The van der Waals surface area contributed by atoms with Crippen molar-refractivity contribution in [3.8, 4) is 0 Å². The van der Waals surface area contributed by atoms with E-state index in [-0.39, 0.29) is 0 Å². The lowest BCUT2D eigenvalue weighted by Crippen LogP contribution is -2.10. The SMILES string of the molecule is Cc1cccc(CNc2ccc(C(N)=O)cc2)c1. The number of rotatable bonds is 4. The first-order valence-electron chi connectivity index (χ1n) is 5.84. The van der Waals surface area contributed by atoms with Crippen LogP contribution in [0.5, 0.6) is 0 Å². The first-order valence-corrected chi connectivity index (χ1v) is 5.84. The van der Waals surface area contributed by atoms with Crippen LogP contribution in [-0.4, -0.2) is 5.91 Å². The average molecular weight is 240 g/mol. The van der Waals surface area contributed by atoms with E-state index in [1.54, 1.807) is 12.1 Å². The Hall–Kier alpha value is -2.29. The zero-order chi connectivity index (χ0) is 13.0. The zero-order valence-corrected chi connectivity index (χ0v) is 10.3. The quantitative estimate of drug-likeness (QED) is 0.863. The first kappa shape index (κ1) is 12.2. The third-order valence-corrected chi connectivity index (χ3v) is 2.75. The molecule has 18 heavy (non-hydrogen) atoms. The number of carbonyl (C=O) groups is 1. The highest BCUT2D eigenvalue weighted by molar-refractivity contribution is 5.93. The molecule has 2 aromatic carbocycles. The van der Waals surface area contributed by atoms with Crippen molar-refractivity contribution in [3.63, 3.8) is 0 Å². The van der Waals surface area contributed by atoms with Gasteiger partial charge in [-0.25, -0.2) is 0 Å². The van der Waals surface area contributed by atoms with Crippen molar-refractivity contribution in [3.05, 3.63) is 65.2 Å². The smallest absolute Gasteiger partial charge is 0.248 e. The monoisotopic (exact) mass is 240 g/mol. The molecule has 3 N–H and O–H groups in total. The molecule has 0 bridgehead atoms. The van der Waals surface area contributed by atoms with Crippen LogP contribution in [0.2, 0.25) is 0 Å². The first-order chi connectivity index (χ1) is 8.65. The van der Waals surface area contributed by atoms with Crippen LogP contribution < -0.4 is 11.1 Å². The molecule has 0 aromatic heterocycles. The minimum atomic E-state index is -0.403. The fourth-order valence-corrected chi connectivity index (χ4v) is 1.78. The molecule has 0 heterocycles. The Morgan fingerprint density at radius 2 is 1.89 bits per heavy atom. The van der Waals surface area contributed by atoms with Gasteiger partial charge < -0.3 is 11.1 Å². The van der Waals surface area contributed by atoms with E-state index in [1.165, 1.54) is 11.1 Å². The molecule has 0 saturated heterocycles. The second-order valence-corrected chi connectivity index (χ2v) is 4.28. The number of amides is 1. The summed E-state index contributed by atoms with van der Waals surface area (Å²) in [5.74, 6) is -0.403. The number of anilines is 1. The van der Waals surface area contributed by atoms with Gasteiger partial charge in [0.2, 0.25) is 5.91 Å². The highest BCUT2D eigenvalue weighted by atomic mass is 16.1. The number of nitrogens with two attached hydrogens (primary N) is 1. The second-order valence-electron chi connectivity index (χ2n) is 4.28. The Balaban J connectivity index is 2.00. The summed E-state index contributed by atoms with van der Waals surface area (Å²) >= 11 is 0. The van der Waals surface area contributed by atoms with Crippen LogP contribution in [-0.2, 0) is 6.54 Å². The lowest BCUT2D eigenvalue weighted by molar-refractivity contribution is 0.100. The summed E-state index contributed by atoms with van der Waals surface area (Å²) in [6.45, 7) is 2.84. The van der Waals surface area contributed by atoms with Crippen molar-refractivity contribution in [1.29, 1.82) is 0 Å². The second kappa shape index (κ2) is 5.36. The van der Waals surface area contributed by atoms with Crippen molar-refractivity contribution >= 4 is 11.6 Å². The molecular formula is C15H16N2O. The molecule has 1 amide bonds. The summed E-state index contributed by atoms with van der Waals surface area (Å²) in [6, 6.07) is 15.5. The zero-order valence-electron chi connectivity index (χ0n) is 10.3. The molecule has 0 atom stereocenters. The Morgan fingerprint density at radius 3 is 2.50 bits per heavy atom.